The highest BCUT2D eigenvalue weighted by atomic mass is 16.3. The van der Waals surface area contributed by atoms with Gasteiger partial charge in [-0.1, -0.05) is 31.4 Å². The Kier molecular flexibility index (Phi) is 5.03. The Morgan fingerprint density at radius 3 is 2.84 bits per heavy atom. The Morgan fingerprint density at radius 2 is 2.16 bits per heavy atom. The molecule has 0 aliphatic heterocycles. The van der Waals surface area contributed by atoms with Gasteiger partial charge >= 0.3 is 0 Å². The van der Waals surface area contributed by atoms with Gasteiger partial charge < -0.3 is 5.11 Å². The molecule has 0 unspecified atom stereocenters. The summed E-state index contributed by atoms with van der Waals surface area (Å²) in [4.78, 5) is 4.12. The molecule has 2 rings (SSSR count). The second-order valence-corrected chi connectivity index (χ2v) is 4.57. The quantitative estimate of drug-likeness (QED) is 0.776. The molecular formula is C14H20N4O. The maximum atomic E-state index is 9.37. The first-order valence-electron chi connectivity index (χ1n) is 6.80. The molecule has 0 aliphatic rings. The number of aliphatic hydroxyl groups excluding tert-OH is 1. The Labute approximate surface area is 113 Å². The van der Waals surface area contributed by atoms with Crippen LogP contribution in [0.3, 0.4) is 0 Å². The molecule has 1 N–H and O–H groups in total. The molecule has 0 aromatic carbocycles. The molecule has 0 fully saturated rings. The van der Waals surface area contributed by atoms with Gasteiger partial charge in [-0.3, -0.25) is 4.98 Å². The highest BCUT2D eigenvalue weighted by molar-refractivity contribution is 5.60. The number of aryl methyl sites for hydroxylation is 1. The molecule has 0 aliphatic carbocycles. The first-order valence-corrected chi connectivity index (χ1v) is 6.80. The van der Waals surface area contributed by atoms with E-state index >= 15 is 0 Å². The number of pyridine rings is 1. The smallest absolute Gasteiger partial charge is 0.116 e. The summed E-state index contributed by atoms with van der Waals surface area (Å²) in [6.45, 7) is 2.93. The van der Waals surface area contributed by atoms with Crippen molar-refractivity contribution in [2.75, 3.05) is 0 Å². The van der Waals surface area contributed by atoms with Crippen LogP contribution >= 0.6 is 0 Å². The van der Waals surface area contributed by atoms with Crippen LogP contribution in [-0.2, 0) is 13.2 Å². The lowest BCUT2D eigenvalue weighted by atomic mass is 10.1. The molecule has 102 valence electrons. The summed E-state index contributed by atoms with van der Waals surface area (Å²) in [6.07, 6.45) is 8.24. The molecule has 0 radical (unpaired) electrons. The SMILES string of the molecule is CCCCCCn1nnc(CO)c1-c1cccnc1. The summed E-state index contributed by atoms with van der Waals surface area (Å²) in [5.41, 5.74) is 2.45. The minimum absolute atomic E-state index is 0.0980. The molecule has 2 aromatic rings. The lowest BCUT2D eigenvalue weighted by Gasteiger charge is -2.07. The number of nitrogens with zero attached hydrogens (tertiary/aromatic N) is 4. The Bertz CT molecular complexity index is 495. The second-order valence-electron chi connectivity index (χ2n) is 4.57. The van der Waals surface area contributed by atoms with E-state index in [1.807, 2.05) is 16.8 Å². The Hall–Kier alpha value is -1.75. The molecule has 2 heterocycles. The number of aromatic nitrogens is 4. The van der Waals surface area contributed by atoms with E-state index in [9.17, 15) is 5.11 Å². The maximum Gasteiger partial charge on any atom is 0.116 e. The van der Waals surface area contributed by atoms with Gasteiger partial charge in [0.25, 0.3) is 0 Å². The molecular weight excluding hydrogens is 240 g/mol. The van der Waals surface area contributed by atoms with E-state index in [1.165, 1.54) is 19.3 Å². The van der Waals surface area contributed by atoms with E-state index in [0.717, 1.165) is 24.2 Å². The molecule has 0 atom stereocenters. The normalized spacial score (nSPS) is 10.8. The van der Waals surface area contributed by atoms with E-state index in [4.69, 9.17) is 0 Å². The van der Waals surface area contributed by atoms with Crippen LogP contribution in [0.5, 0.6) is 0 Å². The fourth-order valence-electron chi connectivity index (χ4n) is 2.12. The fourth-order valence-corrected chi connectivity index (χ4v) is 2.12. The van der Waals surface area contributed by atoms with Gasteiger partial charge in [0.2, 0.25) is 0 Å². The zero-order chi connectivity index (χ0) is 13.5. The van der Waals surface area contributed by atoms with E-state index < -0.39 is 0 Å². The summed E-state index contributed by atoms with van der Waals surface area (Å²) in [6, 6.07) is 3.85. The third-order valence-corrected chi connectivity index (χ3v) is 3.11. The topological polar surface area (TPSA) is 63.8 Å². The monoisotopic (exact) mass is 260 g/mol. The number of unbranched alkanes of at least 4 members (excludes halogenated alkanes) is 3. The average molecular weight is 260 g/mol. The first-order chi connectivity index (χ1) is 9.36. The van der Waals surface area contributed by atoms with Gasteiger partial charge in [0.05, 0.1) is 12.3 Å². The van der Waals surface area contributed by atoms with Gasteiger partial charge in [0.15, 0.2) is 0 Å². The van der Waals surface area contributed by atoms with Crippen molar-refractivity contribution >= 4 is 0 Å². The minimum atomic E-state index is -0.0980. The fraction of sp³-hybridized carbons (Fsp3) is 0.500. The Balaban J connectivity index is 2.18. The molecule has 0 bridgehead atoms. The standard InChI is InChI=1S/C14H20N4O/c1-2-3-4-5-9-18-14(13(11-19)16-17-18)12-7-6-8-15-10-12/h6-8,10,19H,2-5,9,11H2,1H3. The van der Waals surface area contributed by atoms with Gasteiger partial charge in [0, 0.05) is 24.5 Å². The predicted octanol–water partition coefficient (Wildman–Crippen LogP) is 2.41. The van der Waals surface area contributed by atoms with Crippen molar-refractivity contribution in [1.29, 1.82) is 0 Å². The highest BCUT2D eigenvalue weighted by Gasteiger charge is 2.13. The third-order valence-electron chi connectivity index (χ3n) is 3.11. The van der Waals surface area contributed by atoms with Crippen LogP contribution in [0.1, 0.15) is 38.3 Å². The lowest BCUT2D eigenvalue weighted by molar-refractivity contribution is 0.277. The lowest BCUT2D eigenvalue weighted by Crippen LogP contribution is -2.03. The molecule has 5 nitrogen and oxygen atoms in total. The van der Waals surface area contributed by atoms with Crippen molar-refractivity contribution in [3.63, 3.8) is 0 Å². The van der Waals surface area contributed by atoms with Gasteiger partial charge in [-0.05, 0) is 18.6 Å². The minimum Gasteiger partial charge on any atom is -0.390 e. The van der Waals surface area contributed by atoms with Gasteiger partial charge in [-0.15, -0.1) is 5.10 Å². The van der Waals surface area contributed by atoms with Crippen LogP contribution in [0, 0.1) is 0 Å². The number of hydrogen-bond donors (Lipinski definition) is 1. The highest BCUT2D eigenvalue weighted by Crippen LogP contribution is 2.21. The van der Waals surface area contributed by atoms with Gasteiger partial charge in [-0.2, -0.15) is 0 Å². The largest absolute Gasteiger partial charge is 0.390 e. The number of hydrogen-bond acceptors (Lipinski definition) is 4. The van der Waals surface area contributed by atoms with Gasteiger partial charge in [0.1, 0.15) is 5.69 Å². The predicted molar refractivity (Wildman–Crippen MR) is 73.3 cm³/mol. The van der Waals surface area contributed by atoms with Crippen molar-refractivity contribution in [1.82, 2.24) is 20.0 Å². The summed E-state index contributed by atoms with van der Waals surface area (Å²) in [5.74, 6) is 0. The van der Waals surface area contributed by atoms with E-state index in [-0.39, 0.29) is 6.61 Å². The number of aliphatic hydroxyl groups is 1. The van der Waals surface area contributed by atoms with Crippen molar-refractivity contribution in [2.45, 2.75) is 45.8 Å². The number of rotatable bonds is 7. The summed E-state index contributed by atoms with van der Waals surface area (Å²) >= 11 is 0. The first kappa shape index (κ1) is 13.7. The van der Waals surface area contributed by atoms with Crippen LogP contribution in [0.4, 0.5) is 0 Å². The van der Waals surface area contributed by atoms with Crippen LogP contribution in [0.2, 0.25) is 0 Å². The van der Waals surface area contributed by atoms with E-state index in [1.54, 1.807) is 12.4 Å². The maximum absolute atomic E-state index is 9.37. The summed E-state index contributed by atoms with van der Waals surface area (Å²) in [5, 5.41) is 17.6. The van der Waals surface area contributed by atoms with Crippen LogP contribution in [-0.4, -0.2) is 25.1 Å². The average Bonchev–Trinajstić information content (AvgIpc) is 2.87. The van der Waals surface area contributed by atoms with Crippen molar-refractivity contribution < 1.29 is 5.11 Å². The van der Waals surface area contributed by atoms with Crippen molar-refractivity contribution in [2.24, 2.45) is 0 Å². The third kappa shape index (κ3) is 3.38. The van der Waals surface area contributed by atoms with E-state index in [0.29, 0.717) is 5.69 Å². The molecule has 0 spiro atoms. The van der Waals surface area contributed by atoms with Crippen molar-refractivity contribution in [3.8, 4) is 11.3 Å². The van der Waals surface area contributed by atoms with Crippen molar-refractivity contribution in [3.05, 3.63) is 30.2 Å². The van der Waals surface area contributed by atoms with Crippen LogP contribution in [0.25, 0.3) is 11.3 Å². The molecule has 0 saturated carbocycles. The summed E-state index contributed by atoms with van der Waals surface area (Å²) in [7, 11) is 0. The second kappa shape index (κ2) is 6.99. The molecule has 0 amide bonds. The summed E-state index contributed by atoms with van der Waals surface area (Å²) < 4.78 is 1.87. The Morgan fingerprint density at radius 1 is 1.26 bits per heavy atom. The molecule has 5 heteroatoms. The van der Waals surface area contributed by atoms with Crippen LogP contribution < -0.4 is 0 Å². The zero-order valence-electron chi connectivity index (χ0n) is 11.3. The zero-order valence-corrected chi connectivity index (χ0v) is 11.3. The molecule has 19 heavy (non-hydrogen) atoms. The van der Waals surface area contributed by atoms with Crippen LogP contribution in [0.15, 0.2) is 24.5 Å². The van der Waals surface area contributed by atoms with E-state index in [2.05, 4.69) is 22.2 Å². The van der Waals surface area contributed by atoms with Gasteiger partial charge in [-0.25, -0.2) is 4.68 Å². The molecule has 0 saturated heterocycles. The molecule has 2 aromatic heterocycles.